The molecule has 1 unspecified atom stereocenters. The predicted molar refractivity (Wildman–Crippen MR) is 71.1 cm³/mol. The zero-order chi connectivity index (χ0) is 12.1. The summed E-state index contributed by atoms with van der Waals surface area (Å²) in [6.45, 7) is 5.80. The highest BCUT2D eigenvalue weighted by Gasteiger charge is 2.15. The van der Waals surface area contributed by atoms with Crippen molar-refractivity contribution < 1.29 is 0 Å². The van der Waals surface area contributed by atoms with Gasteiger partial charge < -0.3 is 9.88 Å². The van der Waals surface area contributed by atoms with Crippen molar-refractivity contribution in [2.45, 2.75) is 45.8 Å². The number of rotatable bonds is 4. The number of hydrogen-bond acceptors (Lipinski definition) is 4. The fourth-order valence-corrected chi connectivity index (χ4v) is 2.79. The largest absolute Gasteiger partial charge is 0.362 e. The van der Waals surface area contributed by atoms with Gasteiger partial charge in [0.2, 0.25) is 0 Å². The molecule has 1 aliphatic heterocycles. The Labute approximate surface area is 106 Å². The van der Waals surface area contributed by atoms with Crippen LogP contribution in [-0.4, -0.2) is 31.7 Å². The van der Waals surface area contributed by atoms with Crippen molar-refractivity contribution in [2.75, 3.05) is 5.75 Å². The lowest BCUT2D eigenvalue weighted by molar-refractivity contribution is 0.570. The summed E-state index contributed by atoms with van der Waals surface area (Å²) in [5.41, 5.74) is 0. The zero-order valence-corrected chi connectivity index (χ0v) is 11.2. The first-order valence-corrected chi connectivity index (χ1v) is 7.12. The number of aryl methyl sites for hydroxylation is 1. The molecule has 1 saturated heterocycles. The molecule has 0 saturated carbocycles. The van der Waals surface area contributed by atoms with Crippen molar-refractivity contribution >= 4 is 16.9 Å². The van der Waals surface area contributed by atoms with Crippen LogP contribution in [0.3, 0.4) is 0 Å². The lowest BCUT2D eigenvalue weighted by Gasteiger charge is -2.24. The van der Waals surface area contributed by atoms with Gasteiger partial charge in [-0.05, 0) is 19.8 Å². The van der Waals surface area contributed by atoms with E-state index in [0.29, 0.717) is 12.6 Å². The van der Waals surface area contributed by atoms with Gasteiger partial charge in [-0.3, -0.25) is 4.99 Å². The van der Waals surface area contributed by atoms with Crippen LogP contribution in [-0.2, 0) is 13.1 Å². The molecule has 1 fully saturated rings. The third-order valence-electron chi connectivity index (χ3n) is 2.93. The summed E-state index contributed by atoms with van der Waals surface area (Å²) in [4.78, 5) is 4.58. The molecule has 1 aromatic rings. The third-order valence-corrected chi connectivity index (χ3v) is 3.89. The minimum atomic E-state index is 0.582. The van der Waals surface area contributed by atoms with Crippen LogP contribution in [0.1, 0.15) is 32.5 Å². The SMILES string of the molecule is CCC1CCSC(=NCc2nncn2CC)N1. The number of amidine groups is 1. The van der Waals surface area contributed by atoms with Crippen LogP contribution < -0.4 is 5.32 Å². The summed E-state index contributed by atoms with van der Waals surface area (Å²) in [7, 11) is 0. The summed E-state index contributed by atoms with van der Waals surface area (Å²) < 4.78 is 2.02. The van der Waals surface area contributed by atoms with E-state index in [1.807, 2.05) is 4.57 Å². The molecule has 2 heterocycles. The number of hydrogen-bond donors (Lipinski definition) is 1. The molecular weight excluding hydrogens is 234 g/mol. The Balaban J connectivity index is 1.95. The number of nitrogens with one attached hydrogen (secondary N) is 1. The number of thioether (sulfide) groups is 1. The lowest BCUT2D eigenvalue weighted by atomic mass is 10.2. The van der Waals surface area contributed by atoms with Crippen molar-refractivity contribution in [3.63, 3.8) is 0 Å². The van der Waals surface area contributed by atoms with Crippen LogP contribution >= 0.6 is 11.8 Å². The van der Waals surface area contributed by atoms with Crippen molar-refractivity contribution in [1.29, 1.82) is 0 Å². The zero-order valence-electron chi connectivity index (χ0n) is 10.4. The summed E-state index contributed by atoms with van der Waals surface area (Å²) in [6, 6.07) is 0.582. The molecule has 1 atom stereocenters. The van der Waals surface area contributed by atoms with Gasteiger partial charge in [0, 0.05) is 18.3 Å². The van der Waals surface area contributed by atoms with E-state index in [0.717, 1.165) is 29.7 Å². The summed E-state index contributed by atoms with van der Waals surface area (Å²) in [5, 5.41) is 12.5. The maximum absolute atomic E-state index is 4.58. The molecule has 94 valence electrons. The Morgan fingerprint density at radius 2 is 2.47 bits per heavy atom. The second-order valence-corrected chi connectivity index (χ2v) is 5.12. The maximum atomic E-state index is 4.58. The standard InChI is InChI=1S/C11H19N5S/c1-3-9-5-6-17-11(14-9)12-7-10-15-13-8-16(10)4-2/h8-9H,3-7H2,1-2H3,(H,12,14). The van der Waals surface area contributed by atoms with E-state index in [1.54, 1.807) is 18.1 Å². The van der Waals surface area contributed by atoms with Crippen LogP contribution in [0.2, 0.25) is 0 Å². The minimum absolute atomic E-state index is 0.582. The highest BCUT2D eigenvalue weighted by molar-refractivity contribution is 8.13. The van der Waals surface area contributed by atoms with Gasteiger partial charge in [-0.15, -0.1) is 10.2 Å². The van der Waals surface area contributed by atoms with E-state index in [4.69, 9.17) is 0 Å². The van der Waals surface area contributed by atoms with Gasteiger partial charge in [0.1, 0.15) is 12.9 Å². The van der Waals surface area contributed by atoms with E-state index in [1.165, 1.54) is 6.42 Å². The molecule has 5 nitrogen and oxygen atoms in total. The predicted octanol–water partition coefficient (Wildman–Crippen LogP) is 1.66. The molecule has 2 rings (SSSR count). The summed E-state index contributed by atoms with van der Waals surface area (Å²) in [6.07, 6.45) is 4.14. The van der Waals surface area contributed by atoms with Gasteiger partial charge >= 0.3 is 0 Å². The van der Waals surface area contributed by atoms with Crippen LogP contribution in [0.25, 0.3) is 0 Å². The number of nitrogens with zero attached hydrogens (tertiary/aromatic N) is 4. The molecule has 0 amide bonds. The monoisotopic (exact) mass is 253 g/mol. The lowest BCUT2D eigenvalue weighted by Crippen LogP contribution is -2.37. The normalized spacial score (nSPS) is 22.7. The molecule has 17 heavy (non-hydrogen) atoms. The smallest absolute Gasteiger partial charge is 0.157 e. The van der Waals surface area contributed by atoms with Gasteiger partial charge in [0.05, 0.1) is 0 Å². The first-order valence-electron chi connectivity index (χ1n) is 6.14. The van der Waals surface area contributed by atoms with Crippen LogP contribution in [0.5, 0.6) is 0 Å². The van der Waals surface area contributed by atoms with Crippen LogP contribution in [0.15, 0.2) is 11.3 Å². The number of aliphatic imine (C=N–C) groups is 1. The molecular formula is C11H19N5S. The van der Waals surface area contributed by atoms with Crippen LogP contribution in [0.4, 0.5) is 0 Å². The minimum Gasteiger partial charge on any atom is -0.362 e. The van der Waals surface area contributed by atoms with Crippen molar-refractivity contribution in [3.05, 3.63) is 12.2 Å². The second-order valence-electron chi connectivity index (χ2n) is 4.04. The van der Waals surface area contributed by atoms with Gasteiger partial charge in [-0.1, -0.05) is 18.7 Å². The van der Waals surface area contributed by atoms with Gasteiger partial charge in [-0.25, -0.2) is 0 Å². The van der Waals surface area contributed by atoms with Gasteiger partial charge in [-0.2, -0.15) is 0 Å². The van der Waals surface area contributed by atoms with E-state index in [9.17, 15) is 0 Å². The van der Waals surface area contributed by atoms with E-state index < -0.39 is 0 Å². The highest BCUT2D eigenvalue weighted by Crippen LogP contribution is 2.16. The third kappa shape index (κ3) is 3.21. The molecule has 0 aliphatic carbocycles. The Morgan fingerprint density at radius 1 is 1.59 bits per heavy atom. The summed E-state index contributed by atoms with van der Waals surface area (Å²) in [5.74, 6) is 2.09. The summed E-state index contributed by atoms with van der Waals surface area (Å²) >= 11 is 1.80. The Morgan fingerprint density at radius 3 is 3.24 bits per heavy atom. The Kier molecular flexibility index (Phi) is 4.42. The fraction of sp³-hybridized carbons (Fsp3) is 0.727. The van der Waals surface area contributed by atoms with E-state index >= 15 is 0 Å². The Bertz CT molecular complexity index is 387. The molecule has 1 aliphatic rings. The van der Waals surface area contributed by atoms with Crippen molar-refractivity contribution in [3.8, 4) is 0 Å². The molecule has 0 aromatic carbocycles. The first kappa shape index (κ1) is 12.4. The fourth-order valence-electron chi connectivity index (χ4n) is 1.79. The maximum Gasteiger partial charge on any atom is 0.157 e. The average molecular weight is 253 g/mol. The molecule has 0 spiro atoms. The Hall–Kier alpha value is -1.04. The van der Waals surface area contributed by atoms with Gasteiger partial charge in [0.25, 0.3) is 0 Å². The van der Waals surface area contributed by atoms with Gasteiger partial charge in [0.15, 0.2) is 11.0 Å². The van der Waals surface area contributed by atoms with Crippen molar-refractivity contribution in [2.24, 2.45) is 4.99 Å². The molecule has 0 bridgehead atoms. The molecule has 0 radical (unpaired) electrons. The number of aromatic nitrogens is 3. The highest BCUT2D eigenvalue weighted by atomic mass is 32.2. The van der Waals surface area contributed by atoms with Crippen molar-refractivity contribution in [1.82, 2.24) is 20.1 Å². The van der Waals surface area contributed by atoms with E-state index in [-0.39, 0.29) is 0 Å². The van der Waals surface area contributed by atoms with Crippen LogP contribution in [0, 0.1) is 0 Å². The molecule has 1 aromatic heterocycles. The quantitative estimate of drug-likeness (QED) is 0.886. The molecule has 6 heteroatoms. The average Bonchev–Trinajstić information content (AvgIpc) is 2.84. The topological polar surface area (TPSA) is 55.1 Å². The van der Waals surface area contributed by atoms with E-state index in [2.05, 4.69) is 34.4 Å². The second kappa shape index (κ2) is 6.05. The molecule has 1 N–H and O–H groups in total. The first-order chi connectivity index (χ1) is 8.33.